The third kappa shape index (κ3) is 2.46. The zero-order chi connectivity index (χ0) is 15.7. The average molecular weight is 316 g/mol. The molecular formula is C16H16N2O3S. The Labute approximate surface area is 131 Å². The van der Waals surface area contributed by atoms with E-state index in [4.69, 9.17) is 4.74 Å². The Kier molecular flexibility index (Phi) is 3.85. The smallest absolute Gasteiger partial charge is 0.347 e. The van der Waals surface area contributed by atoms with Gasteiger partial charge in [-0.3, -0.25) is 4.40 Å². The van der Waals surface area contributed by atoms with Gasteiger partial charge in [0.15, 0.2) is 4.96 Å². The maximum absolute atomic E-state index is 11.3. The highest BCUT2D eigenvalue weighted by molar-refractivity contribution is 7.19. The van der Waals surface area contributed by atoms with Crippen molar-refractivity contribution in [1.29, 1.82) is 0 Å². The van der Waals surface area contributed by atoms with Gasteiger partial charge in [-0.2, -0.15) is 0 Å². The second-order valence-electron chi connectivity index (χ2n) is 4.94. The van der Waals surface area contributed by atoms with E-state index in [1.165, 1.54) is 11.3 Å². The first-order valence-corrected chi connectivity index (χ1v) is 7.84. The van der Waals surface area contributed by atoms with E-state index in [-0.39, 0.29) is 0 Å². The third-order valence-corrected chi connectivity index (χ3v) is 4.57. The Morgan fingerprint density at radius 1 is 1.36 bits per heavy atom. The molecule has 0 aliphatic heterocycles. The summed E-state index contributed by atoms with van der Waals surface area (Å²) in [5.41, 5.74) is 2.64. The van der Waals surface area contributed by atoms with E-state index in [0.29, 0.717) is 9.84 Å². The number of thiazole rings is 1. The van der Waals surface area contributed by atoms with Gasteiger partial charge >= 0.3 is 5.97 Å². The van der Waals surface area contributed by atoms with Crippen LogP contribution in [0.3, 0.4) is 0 Å². The molecule has 0 amide bonds. The lowest BCUT2D eigenvalue weighted by Gasteiger charge is -2.01. The van der Waals surface area contributed by atoms with Gasteiger partial charge in [-0.15, -0.1) is 0 Å². The van der Waals surface area contributed by atoms with Gasteiger partial charge in [0.25, 0.3) is 0 Å². The lowest BCUT2D eigenvalue weighted by atomic mass is 10.1. The Hall–Kier alpha value is -2.34. The number of rotatable bonds is 5. The highest BCUT2D eigenvalue weighted by Crippen LogP contribution is 2.29. The lowest BCUT2D eigenvalue weighted by Crippen LogP contribution is -2.00. The number of hydrogen-bond acceptors (Lipinski definition) is 4. The molecule has 1 N–H and O–H groups in total. The normalized spacial score (nSPS) is 11.0. The number of methoxy groups -OCH3 is 1. The summed E-state index contributed by atoms with van der Waals surface area (Å²) in [5, 5.41) is 9.31. The van der Waals surface area contributed by atoms with Crippen LogP contribution >= 0.6 is 11.3 Å². The molecule has 0 aliphatic rings. The van der Waals surface area contributed by atoms with Gasteiger partial charge in [-0.05, 0) is 30.7 Å². The summed E-state index contributed by atoms with van der Waals surface area (Å²) in [5.74, 6) is -0.0884. The van der Waals surface area contributed by atoms with Gasteiger partial charge in [0.1, 0.15) is 10.6 Å². The van der Waals surface area contributed by atoms with Gasteiger partial charge in [0, 0.05) is 17.5 Å². The fraction of sp³-hybridized carbons (Fsp3) is 0.250. The van der Waals surface area contributed by atoms with E-state index in [9.17, 15) is 9.90 Å². The molecule has 0 unspecified atom stereocenters. The molecule has 0 radical (unpaired) electrons. The summed E-state index contributed by atoms with van der Waals surface area (Å²) >= 11 is 1.22. The summed E-state index contributed by atoms with van der Waals surface area (Å²) in [6.45, 7) is 2.04. The zero-order valence-electron chi connectivity index (χ0n) is 12.4. The molecule has 0 bridgehead atoms. The number of ether oxygens (including phenoxy) is 1. The number of hydrogen-bond donors (Lipinski definition) is 1. The largest absolute Gasteiger partial charge is 0.497 e. The van der Waals surface area contributed by atoms with Crippen molar-refractivity contribution < 1.29 is 14.6 Å². The number of nitrogens with zero attached hydrogens (tertiary/aromatic N) is 2. The first kappa shape index (κ1) is 14.6. The molecule has 114 valence electrons. The molecule has 6 heteroatoms. The molecule has 1 aromatic carbocycles. The second kappa shape index (κ2) is 5.81. The number of aromatic nitrogens is 2. The van der Waals surface area contributed by atoms with E-state index in [1.807, 2.05) is 41.8 Å². The number of fused-ring (bicyclic) bond motifs is 1. The van der Waals surface area contributed by atoms with Gasteiger partial charge in [0.2, 0.25) is 0 Å². The zero-order valence-corrected chi connectivity index (χ0v) is 13.2. The van der Waals surface area contributed by atoms with Gasteiger partial charge in [-0.1, -0.05) is 24.7 Å². The van der Waals surface area contributed by atoms with E-state index in [2.05, 4.69) is 4.98 Å². The monoisotopic (exact) mass is 316 g/mol. The van der Waals surface area contributed by atoms with Crippen molar-refractivity contribution in [3.63, 3.8) is 0 Å². The molecule has 5 nitrogen and oxygen atoms in total. The third-order valence-electron chi connectivity index (χ3n) is 3.49. The summed E-state index contributed by atoms with van der Waals surface area (Å²) in [6.07, 6.45) is 3.52. The van der Waals surface area contributed by atoms with Crippen LogP contribution in [0.25, 0.3) is 16.2 Å². The van der Waals surface area contributed by atoms with Crippen LogP contribution in [0.2, 0.25) is 0 Å². The molecule has 2 heterocycles. The van der Waals surface area contributed by atoms with E-state index in [1.54, 1.807) is 7.11 Å². The minimum absolute atomic E-state index is 0.380. The quantitative estimate of drug-likeness (QED) is 0.779. The Morgan fingerprint density at radius 2 is 2.09 bits per heavy atom. The fourth-order valence-corrected chi connectivity index (χ4v) is 3.42. The van der Waals surface area contributed by atoms with Crippen LogP contribution in [0.1, 0.15) is 28.7 Å². The summed E-state index contributed by atoms with van der Waals surface area (Å²) in [7, 11) is 1.63. The molecule has 0 atom stereocenters. The number of carbonyl (C=O) groups is 1. The highest BCUT2D eigenvalue weighted by atomic mass is 32.1. The molecule has 3 rings (SSSR count). The SMILES string of the molecule is CCCc1c(C(=O)O)sc2nc(-c3ccc(OC)cc3)cn12. The van der Waals surface area contributed by atoms with Crippen molar-refractivity contribution in [3.8, 4) is 17.0 Å². The van der Waals surface area contributed by atoms with Gasteiger partial charge in [0.05, 0.1) is 12.8 Å². The number of carboxylic acids is 1. The lowest BCUT2D eigenvalue weighted by molar-refractivity contribution is 0.0700. The first-order valence-electron chi connectivity index (χ1n) is 7.02. The number of imidazole rings is 1. The van der Waals surface area contributed by atoms with Gasteiger partial charge < -0.3 is 9.84 Å². The Bertz CT molecular complexity index is 818. The minimum atomic E-state index is -0.884. The molecular weight excluding hydrogens is 300 g/mol. The van der Waals surface area contributed by atoms with E-state index < -0.39 is 5.97 Å². The molecule has 2 aromatic heterocycles. The average Bonchev–Trinajstić information content (AvgIpc) is 3.07. The highest BCUT2D eigenvalue weighted by Gasteiger charge is 2.19. The topological polar surface area (TPSA) is 63.8 Å². The van der Waals surface area contributed by atoms with E-state index >= 15 is 0 Å². The second-order valence-corrected chi connectivity index (χ2v) is 5.92. The van der Waals surface area contributed by atoms with Crippen LogP contribution in [0.15, 0.2) is 30.5 Å². The molecule has 0 saturated heterocycles. The molecule has 0 saturated carbocycles. The molecule has 22 heavy (non-hydrogen) atoms. The van der Waals surface area contributed by atoms with Crippen LogP contribution in [0, 0.1) is 0 Å². The summed E-state index contributed by atoms with van der Waals surface area (Å²) in [4.78, 5) is 17.0. The van der Waals surface area contributed by atoms with Crippen molar-refractivity contribution in [2.24, 2.45) is 0 Å². The van der Waals surface area contributed by atoms with E-state index in [0.717, 1.165) is 35.5 Å². The fourth-order valence-electron chi connectivity index (χ4n) is 2.43. The Morgan fingerprint density at radius 3 is 2.68 bits per heavy atom. The predicted octanol–water partition coefficient (Wildman–Crippen LogP) is 3.72. The maximum atomic E-state index is 11.3. The summed E-state index contributed by atoms with van der Waals surface area (Å²) in [6, 6.07) is 7.67. The van der Waals surface area contributed by atoms with Crippen molar-refractivity contribution in [1.82, 2.24) is 9.38 Å². The first-order chi connectivity index (χ1) is 10.6. The van der Waals surface area contributed by atoms with Crippen molar-refractivity contribution in [2.75, 3.05) is 7.11 Å². The maximum Gasteiger partial charge on any atom is 0.347 e. The summed E-state index contributed by atoms with van der Waals surface area (Å²) < 4.78 is 7.05. The van der Waals surface area contributed by atoms with Crippen molar-refractivity contribution in [3.05, 3.63) is 41.0 Å². The Balaban J connectivity index is 2.07. The minimum Gasteiger partial charge on any atom is -0.497 e. The van der Waals surface area contributed by atoms with Crippen LogP contribution in [-0.4, -0.2) is 27.6 Å². The number of carboxylic acid groups (broad SMARTS) is 1. The van der Waals surface area contributed by atoms with Crippen molar-refractivity contribution >= 4 is 22.3 Å². The number of benzene rings is 1. The predicted molar refractivity (Wildman–Crippen MR) is 86.0 cm³/mol. The number of aromatic carboxylic acids is 1. The van der Waals surface area contributed by atoms with Crippen LogP contribution in [0.4, 0.5) is 0 Å². The van der Waals surface area contributed by atoms with Crippen LogP contribution in [0.5, 0.6) is 5.75 Å². The molecule has 0 spiro atoms. The molecule has 3 aromatic rings. The van der Waals surface area contributed by atoms with Crippen LogP contribution < -0.4 is 4.74 Å². The van der Waals surface area contributed by atoms with Crippen molar-refractivity contribution in [2.45, 2.75) is 19.8 Å². The van der Waals surface area contributed by atoms with Crippen LogP contribution in [-0.2, 0) is 6.42 Å². The number of aryl methyl sites for hydroxylation is 1. The molecule has 0 aliphatic carbocycles. The van der Waals surface area contributed by atoms with Gasteiger partial charge in [-0.25, -0.2) is 9.78 Å². The molecule has 0 fully saturated rings. The standard InChI is InChI=1S/C16H16N2O3S/c1-3-4-13-14(15(19)20)22-16-17-12(9-18(13)16)10-5-7-11(21-2)8-6-10/h5-9H,3-4H2,1-2H3,(H,19,20).